The summed E-state index contributed by atoms with van der Waals surface area (Å²) in [5, 5.41) is 0.499. The number of pyridine rings is 1. The van der Waals surface area contributed by atoms with Crippen molar-refractivity contribution in [2.45, 2.75) is 13.3 Å². The Balaban J connectivity index is 2.28. The molecule has 0 saturated carbocycles. The number of benzene rings is 1. The van der Waals surface area contributed by atoms with Gasteiger partial charge in [-0.1, -0.05) is 11.6 Å². The molecule has 0 spiro atoms. The molecule has 1 aliphatic heterocycles. The highest BCUT2D eigenvalue weighted by atomic mass is 35.5. The molecule has 0 radical (unpaired) electrons. The van der Waals surface area contributed by atoms with Gasteiger partial charge in [0.1, 0.15) is 17.5 Å². The van der Waals surface area contributed by atoms with Crippen molar-refractivity contribution in [3.63, 3.8) is 0 Å². The first-order valence-corrected chi connectivity index (χ1v) is 7.25. The molecule has 100 valence electrons. The molecule has 19 heavy (non-hydrogen) atoms. The average Bonchev–Trinajstić information content (AvgIpc) is 2.86. The maximum Gasteiger partial charge on any atom is 0.143 e. The van der Waals surface area contributed by atoms with E-state index in [4.69, 9.17) is 11.6 Å². The Labute approximate surface area is 118 Å². The Morgan fingerprint density at radius 1 is 1.37 bits per heavy atom. The van der Waals surface area contributed by atoms with E-state index in [1.807, 2.05) is 11.2 Å². The predicted octanol–water partition coefficient (Wildman–Crippen LogP) is 4.33. The van der Waals surface area contributed by atoms with Crippen LogP contribution in [0.1, 0.15) is 12.0 Å². The third-order valence-corrected chi connectivity index (χ3v) is 4.74. The summed E-state index contributed by atoms with van der Waals surface area (Å²) in [5.41, 5.74) is 0.990. The van der Waals surface area contributed by atoms with Gasteiger partial charge in [0.15, 0.2) is 0 Å². The zero-order valence-corrected chi connectivity index (χ0v) is 11.8. The van der Waals surface area contributed by atoms with Gasteiger partial charge in [-0.3, -0.25) is 0 Å². The van der Waals surface area contributed by atoms with Gasteiger partial charge in [0.05, 0.1) is 15.9 Å². The average molecular weight is 301 g/mol. The SMILES string of the molecule is Cc1c(N2CCCS2)nc2cc(F)cc(F)c2c1Cl. The van der Waals surface area contributed by atoms with Gasteiger partial charge >= 0.3 is 0 Å². The molecule has 0 aliphatic carbocycles. The van der Waals surface area contributed by atoms with E-state index in [1.165, 1.54) is 6.07 Å². The van der Waals surface area contributed by atoms with Crippen molar-refractivity contribution in [2.24, 2.45) is 0 Å². The van der Waals surface area contributed by atoms with Crippen LogP contribution in [0.5, 0.6) is 0 Å². The molecule has 3 rings (SSSR count). The van der Waals surface area contributed by atoms with Crippen LogP contribution in [0.4, 0.5) is 14.6 Å². The second kappa shape index (κ2) is 4.80. The number of hydrogen-bond donors (Lipinski definition) is 0. The lowest BCUT2D eigenvalue weighted by Gasteiger charge is -2.19. The van der Waals surface area contributed by atoms with Crippen LogP contribution in [-0.2, 0) is 0 Å². The zero-order chi connectivity index (χ0) is 13.6. The molecule has 2 heterocycles. The van der Waals surface area contributed by atoms with Gasteiger partial charge in [-0.25, -0.2) is 13.8 Å². The number of aromatic nitrogens is 1. The van der Waals surface area contributed by atoms with Crippen molar-refractivity contribution >= 4 is 40.3 Å². The van der Waals surface area contributed by atoms with Crippen LogP contribution >= 0.6 is 23.5 Å². The number of halogens is 3. The molecule has 2 nitrogen and oxygen atoms in total. The first-order valence-electron chi connectivity index (χ1n) is 5.93. The molecule has 6 heteroatoms. The van der Waals surface area contributed by atoms with E-state index < -0.39 is 11.6 Å². The lowest BCUT2D eigenvalue weighted by molar-refractivity contribution is 0.591. The summed E-state index contributed by atoms with van der Waals surface area (Å²) in [6.45, 7) is 2.68. The van der Waals surface area contributed by atoms with E-state index in [2.05, 4.69) is 4.98 Å². The topological polar surface area (TPSA) is 16.1 Å². The zero-order valence-electron chi connectivity index (χ0n) is 10.2. The molecule has 0 unspecified atom stereocenters. The number of fused-ring (bicyclic) bond motifs is 1. The third-order valence-electron chi connectivity index (χ3n) is 3.13. The number of hydrogen-bond acceptors (Lipinski definition) is 3. The van der Waals surface area contributed by atoms with Crippen LogP contribution in [0.25, 0.3) is 10.9 Å². The van der Waals surface area contributed by atoms with Crippen LogP contribution in [-0.4, -0.2) is 17.3 Å². The standard InChI is InChI=1S/C13H11ClF2N2S/c1-7-12(14)11-9(16)5-8(15)6-10(11)17-13(7)18-3-2-4-19-18/h5-6H,2-4H2,1H3. The van der Waals surface area contributed by atoms with E-state index in [9.17, 15) is 8.78 Å². The van der Waals surface area contributed by atoms with E-state index in [0.29, 0.717) is 10.8 Å². The number of anilines is 1. The summed E-state index contributed by atoms with van der Waals surface area (Å²) < 4.78 is 29.1. The van der Waals surface area contributed by atoms with E-state index in [-0.39, 0.29) is 10.9 Å². The molecule has 1 aromatic carbocycles. The molecule has 1 aliphatic rings. The monoisotopic (exact) mass is 300 g/mol. The van der Waals surface area contributed by atoms with Crippen LogP contribution in [0, 0.1) is 18.6 Å². The minimum Gasteiger partial charge on any atom is -0.300 e. The second-order valence-electron chi connectivity index (χ2n) is 4.45. The third kappa shape index (κ3) is 2.15. The van der Waals surface area contributed by atoms with Crippen molar-refractivity contribution in [1.29, 1.82) is 0 Å². The summed E-state index contributed by atoms with van der Waals surface area (Å²) in [6.07, 6.45) is 1.07. The van der Waals surface area contributed by atoms with Gasteiger partial charge in [0.25, 0.3) is 0 Å². The molecule has 0 amide bonds. The molecule has 0 atom stereocenters. The summed E-state index contributed by atoms with van der Waals surface area (Å²) >= 11 is 7.89. The number of nitrogens with zero attached hydrogens (tertiary/aromatic N) is 2. The Bertz CT molecular complexity index is 657. The van der Waals surface area contributed by atoms with Crippen LogP contribution in [0.2, 0.25) is 5.02 Å². The highest BCUT2D eigenvalue weighted by molar-refractivity contribution is 8.00. The fourth-order valence-corrected chi connectivity index (χ4v) is 3.51. The van der Waals surface area contributed by atoms with Crippen molar-refractivity contribution in [3.8, 4) is 0 Å². The molecular formula is C13H11ClF2N2S. The summed E-state index contributed by atoms with van der Waals surface area (Å²) in [7, 11) is 0. The first-order chi connectivity index (χ1) is 9.08. The van der Waals surface area contributed by atoms with Gasteiger partial charge in [0, 0.05) is 30.0 Å². The second-order valence-corrected chi connectivity index (χ2v) is 5.93. The fourth-order valence-electron chi connectivity index (χ4n) is 2.21. The summed E-state index contributed by atoms with van der Waals surface area (Å²) in [6, 6.07) is 2.05. The number of rotatable bonds is 1. The Hall–Kier alpha value is -1.07. The highest BCUT2D eigenvalue weighted by Crippen LogP contribution is 2.37. The molecule has 2 aromatic rings. The minimum atomic E-state index is -0.670. The van der Waals surface area contributed by atoms with E-state index in [0.717, 1.165) is 30.3 Å². The van der Waals surface area contributed by atoms with Crippen LogP contribution in [0.3, 0.4) is 0 Å². The van der Waals surface area contributed by atoms with Gasteiger partial charge in [-0.2, -0.15) is 0 Å². The normalized spacial score (nSPS) is 15.5. The minimum absolute atomic E-state index is 0.188. The smallest absolute Gasteiger partial charge is 0.143 e. The Morgan fingerprint density at radius 3 is 2.84 bits per heavy atom. The van der Waals surface area contributed by atoms with Gasteiger partial charge < -0.3 is 4.31 Å². The first kappa shape index (κ1) is 12.9. The van der Waals surface area contributed by atoms with Crippen LogP contribution in [0.15, 0.2) is 12.1 Å². The molecule has 0 bridgehead atoms. The maximum absolute atomic E-state index is 13.8. The van der Waals surface area contributed by atoms with Crippen molar-refractivity contribution in [1.82, 2.24) is 4.98 Å². The van der Waals surface area contributed by atoms with Gasteiger partial charge in [-0.15, -0.1) is 0 Å². The quantitative estimate of drug-likeness (QED) is 0.729. The highest BCUT2D eigenvalue weighted by Gasteiger charge is 2.21. The summed E-state index contributed by atoms with van der Waals surface area (Å²) in [4.78, 5) is 4.38. The van der Waals surface area contributed by atoms with Gasteiger partial charge in [-0.05, 0) is 25.3 Å². The van der Waals surface area contributed by atoms with E-state index in [1.54, 1.807) is 11.9 Å². The molecule has 1 aromatic heterocycles. The van der Waals surface area contributed by atoms with Crippen LogP contribution < -0.4 is 4.31 Å². The molecular weight excluding hydrogens is 290 g/mol. The van der Waals surface area contributed by atoms with Crippen molar-refractivity contribution in [3.05, 3.63) is 34.4 Å². The largest absolute Gasteiger partial charge is 0.300 e. The lowest BCUT2D eigenvalue weighted by atomic mass is 10.1. The van der Waals surface area contributed by atoms with Crippen molar-refractivity contribution < 1.29 is 8.78 Å². The Kier molecular flexibility index (Phi) is 3.27. The van der Waals surface area contributed by atoms with Gasteiger partial charge in [0.2, 0.25) is 0 Å². The predicted molar refractivity (Wildman–Crippen MR) is 75.8 cm³/mol. The molecule has 1 fully saturated rings. The molecule has 0 N–H and O–H groups in total. The molecule has 1 saturated heterocycles. The fraction of sp³-hybridized carbons (Fsp3) is 0.308. The van der Waals surface area contributed by atoms with E-state index >= 15 is 0 Å². The summed E-state index contributed by atoms with van der Waals surface area (Å²) in [5.74, 6) is 0.410. The lowest BCUT2D eigenvalue weighted by Crippen LogP contribution is -2.13. The Morgan fingerprint density at radius 2 is 2.16 bits per heavy atom. The van der Waals surface area contributed by atoms with Crippen molar-refractivity contribution in [2.75, 3.05) is 16.6 Å². The maximum atomic E-state index is 13.8.